The van der Waals surface area contributed by atoms with Gasteiger partial charge in [0, 0.05) is 5.56 Å². The molecule has 2 heterocycles. The zero-order valence-corrected chi connectivity index (χ0v) is 9.51. The van der Waals surface area contributed by atoms with E-state index in [1.165, 1.54) is 24.4 Å². The van der Waals surface area contributed by atoms with Gasteiger partial charge in [-0.05, 0) is 18.2 Å². The lowest BCUT2D eigenvalue weighted by molar-refractivity contribution is 0.926. The molecule has 0 saturated heterocycles. The maximum Gasteiger partial charge on any atom is 0.189 e. The first-order valence-corrected chi connectivity index (χ1v) is 5.53. The van der Waals surface area contributed by atoms with Gasteiger partial charge in [0.25, 0.3) is 0 Å². The van der Waals surface area contributed by atoms with Crippen molar-refractivity contribution >= 4 is 23.4 Å². The van der Waals surface area contributed by atoms with E-state index in [9.17, 15) is 0 Å². The van der Waals surface area contributed by atoms with Gasteiger partial charge in [0.1, 0.15) is 22.8 Å². The average Bonchev–Trinajstić information content (AvgIpc) is 2.71. The molecule has 2 aromatic rings. The molecule has 0 aliphatic carbocycles. The summed E-state index contributed by atoms with van der Waals surface area (Å²) >= 11 is 7.35. The summed E-state index contributed by atoms with van der Waals surface area (Å²) < 4.78 is 0. The van der Waals surface area contributed by atoms with Crippen LogP contribution in [0, 0.1) is 0 Å². The Morgan fingerprint density at radius 3 is 2.87 bits per heavy atom. The van der Waals surface area contributed by atoms with Crippen LogP contribution in [-0.4, -0.2) is 25.1 Å². The van der Waals surface area contributed by atoms with Crippen LogP contribution in [0.1, 0.15) is 12.5 Å². The van der Waals surface area contributed by atoms with Gasteiger partial charge in [-0.25, -0.2) is 15.0 Å². The molecule has 15 heavy (non-hydrogen) atoms. The summed E-state index contributed by atoms with van der Waals surface area (Å²) in [6, 6.07) is 0. The number of halogens is 1. The molecule has 5 nitrogen and oxygen atoms in total. The second-order valence-corrected chi connectivity index (χ2v) is 4.03. The predicted molar refractivity (Wildman–Crippen MR) is 56.9 cm³/mol. The number of hydrogen-bond acceptors (Lipinski definition) is 5. The molecule has 0 aliphatic heterocycles. The largest absolute Gasteiger partial charge is 0.254 e. The molecule has 0 amide bonds. The fourth-order valence-corrected chi connectivity index (χ4v) is 2.26. The van der Waals surface area contributed by atoms with E-state index in [1.54, 1.807) is 0 Å². The number of rotatable bonds is 3. The van der Waals surface area contributed by atoms with Gasteiger partial charge in [0.05, 0.1) is 0 Å². The summed E-state index contributed by atoms with van der Waals surface area (Å²) in [6.45, 7) is 2.01. The van der Waals surface area contributed by atoms with Crippen molar-refractivity contribution in [3.8, 4) is 0 Å². The molecule has 0 atom stereocenters. The van der Waals surface area contributed by atoms with Crippen LogP contribution in [0.2, 0.25) is 5.15 Å². The van der Waals surface area contributed by atoms with Crippen LogP contribution < -0.4 is 0 Å². The Bertz CT molecular complexity index is 444. The van der Waals surface area contributed by atoms with Crippen LogP contribution in [-0.2, 0) is 6.42 Å². The minimum absolute atomic E-state index is 0.495. The fraction of sp³-hybridized carbons (Fsp3) is 0.250. The van der Waals surface area contributed by atoms with Gasteiger partial charge >= 0.3 is 0 Å². The summed E-state index contributed by atoms with van der Waals surface area (Å²) in [5, 5.41) is 8.52. The first-order valence-electron chi connectivity index (χ1n) is 4.34. The second kappa shape index (κ2) is 4.59. The Hall–Kier alpha value is -1.14. The van der Waals surface area contributed by atoms with Crippen LogP contribution >= 0.6 is 23.4 Å². The summed E-state index contributed by atoms with van der Waals surface area (Å²) in [5.74, 6) is 0. The van der Waals surface area contributed by atoms with Gasteiger partial charge in [0.15, 0.2) is 5.16 Å². The Morgan fingerprint density at radius 1 is 1.33 bits per heavy atom. The van der Waals surface area contributed by atoms with E-state index in [0.717, 1.165) is 17.0 Å². The zero-order valence-electron chi connectivity index (χ0n) is 7.94. The van der Waals surface area contributed by atoms with Crippen molar-refractivity contribution in [2.45, 2.75) is 23.5 Å². The predicted octanol–water partition coefficient (Wildman–Crippen LogP) is 1.96. The normalized spacial score (nSPS) is 10.5. The minimum Gasteiger partial charge on any atom is -0.254 e. The number of hydrogen-bond donors (Lipinski definition) is 1. The molecule has 0 aliphatic rings. The highest BCUT2D eigenvalue weighted by atomic mass is 35.5. The van der Waals surface area contributed by atoms with E-state index in [0.29, 0.717) is 10.3 Å². The molecule has 78 valence electrons. The van der Waals surface area contributed by atoms with Gasteiger partial charge in [-0.15, -0.1) is 0 Å². The van der Waals surface area contributed by atoms with Gasteiger partial charge in [-0.3, -0.25) is 5.10 Å². The molecule has 0 bridgehead atoms. The molecule has 7 heteroatoms. The van der Waals surface area contributed by atoms with Gasteiger partial charge < -0.3 is 0 Å². The molecule has 0 fully saturated rings. The molecule has 0 unspecified atom stereocenters. The smallest absolute Gasteiger partial charge is 0.189 e. The van der Waals surface area contributed by atoms with Gasteiger partial charge in [0.2, 0.25) is 0 Å². The fourth-order valence-electron chi connectivity index (χ4n) is 1.10. The third-order valence-corrected chi connectivity index (χ3v) is 3.05. The zero-order chi connectivity index (χ0) is 10.7. The lowest BCUT2D eigenvalue weighted by atomic mass is 10.3. The number of nitrogens with zero attached hydrogens (tertiary/aromatic N) is 4. The molecule has 1 N–H and O–H groups in total. The van der Waals surface area contributed by atoms with E-state index in [2.05, 4.69) is 25.1 Å². The monoisotopic (exact) mass is 241 g/mol. The topological polar surface area (TPSA) is 67.3 Å². The molecule has 0 spiro atoms. The highest BCUT2D eigenvalue weighted by molar-refractivity contribution is 7.99. The van der Waals surface area contributed by atoms with Crippen LogP contribution in [0.25, 0.3) is 0 Å². The Kier molecular flexibility index (Phi) is 3.17. The number of aromatic nitrogens is 5. The van der Waals surface area contributed by atoms with E-state index < -0.39 is 0 Å². The lowest BCUT2D eigenvalue weighted by Crippen LogP contribution is -1.94. The number of H-pyrrole nitrogens is 1. The van der Waals surface area contributed by atoms with Crippen LogP contribution in [0.15, 0.2) is 22.8 Å². The standard InChI is InChI=1S/C8H8ClN5S/c1-2-5-6(9)10-3-11-7(5)15-8-12-4-13-14-8/h3-4H,2H2,1H3,(H,12,13,14). The van der Waals surface area contributed by atoms with Crippen molar-refractivity contribution in [3.63, 3.8) is 0 Å². The summed E-state index contributed by atoms with van der Waals surface area (Å²) in [4.78, 5) is 12.1. The molecule has 0 aromatic carbocycles. The number of aromatic amines is 1. The van der Waals surface area contributed by atoms with Crippen molar-refractivity contribution in [1.82, 2.24) is 25.1 Å². The molecular weight excluding hydrogens is 234 g/mol. The van der Waals surface area contributed by atoms with Crippen molar-refractivity contribution in [2.24, 2.45) is 0 Å². The molecule has 0 radical (unpaired) electrons. The number of nitrogens with one attached hydrogen (secondary N) is 1. The maximum atomic E-state index is 5.96. The maximum absolute atomic E-state index is 5.96. The minimum atomic E-state index is 0.495. The van der Waals surface area contributed by atoms with Crippen LogP contribution in [0.5, 0.6) is 0 Å². The highest BCUT2D eigenvalue weighted by Gasteiger charge is 2.10. The lowest BCUT2D eigenvalue weighted by Gasteiger charge is -2.04. The van der Waals surface area contributed by atoms with E-state index in [-0.39, 0.29) is 0 Å². The summed E-state index contributed by atoms with van der Waals surface area (Å²) in [6.07, 6.45) is 3.69. The van der Waals surface area contributed by atoms with Gasteiger partial charge in [-0.1, -0.05) is 18.5 Å². The van der Waals surface area contributed by atoms with Crippen molar-refractivity contribution in [1.29, 1.82) is 0 Å². The van der Waals surface area contributed by atoms with E-state index in [1.807, 2.05) is 6.92 Å². The van der Waals surface area contributed by atoms with Crippen LogP contribution in [0.4, 0.5) is 0 Å². The molecule has 2 rings (SSSR count). The van der Waals surface area contributed by atoms with Crippen molar-refractivity contribution < 1.29 is 0 Å². The third-order valence-electron chi connectivity index (χ3n) is 1.79. The van der Waals surface area contributed by atoms with E-state index >= 15 is 0 Å². The highest BCUT2D eigenvalue weighted by Crippen LogP contribution is 2.28. The second-order valence-electron chi connectivity index (χ2n) is 2.69. The van der Waals surface area contributed by atoms with Crippen molar-refractivity contribution in [2.75, 3.05) is 0 Å². The van der Waals surface area contributed by atoms with Crippen LogP contribution in [0.3, 0.4) is 0 Å². The Morgan fingerprint density at radius 2 is 2.20 bits per heavy atom. The molecular formula is C8H8ClN5S. The summed E-state index contributed by atoms with van der Waals surface area (Å²) in [7, 11) is 0. The quantitative estimate of drug-likeness (QED) is 0.832. The molecule has 0 saturated carbocycles. The first kappa shape index (κ1) is 10.4. The Balaban J connectivity index is 2.32. The average molecular weight is 242 g/mol. The SMILES string of the molecule is CCc1c(Cl)ncnc1Sc1ncn[nH]1. The molecule has 2 aromatic heterocycles. The van der Waals surface area contributed by atoms with Crippen molar-refractivity contribution in [3.05, 3.63) is 23.4 Å². The Labute approximate surface area is 95.7 Å². The summed E-state index contributed by atoms with van der Waals surface area (Å²) in [5.41, 5.74) is 0.931. The van der Waals surface area contributed by atoms with E-state index in [4.69, 9.17) is 11.6 Å². The van der Waals surface area contributed by atoms with Gasteiger partial charge in [-0.2, -0.15) is 5.10 Å². The third kappa shape index (κ3) is 2.27. The first-order chi connectivity index (χ1) is 7.31.